The predicted octanol–water partition coefficient (Wildman–Crippen LogP) is 2.48. The highest BCUT2D eigenvalue weighted by atomic mass is 32.1. The summed E-state index contributed by atoms with van der Waals surface area (Å²) in [5, 5.41) is 7.88. The van der Waals surface area contributed by atoms with Gasteiger partial charge in [0, 0.05) is 30.7 Å². The number of nitrogens with zero attached hydrogens (tertiary/aromatic N) is 3. The SMILES string of the molecule is CCC(CC)C(CNC(=NC)NCc1ncc(C)s1)N(C)C. The number of nitrogens with one attached hydrogen (secondary N) is 2. The van der Waals surface area contributed by atoms with Crippen LogP contribution in [0.5, 0.6) is 0 Å². The van der Waals surface area contributed by atoms with E-state index in [1.165, 1.54) is 17.7 Å². The second-order valence-electron chi connectivity index (χ2n) is 5.78. The molecule has 1 heterocycles. The van der Waals surface area contributed by atoms with Gasteiger partial charge in [-0.25, -0.2) is 4.98 Å². The van der Waals surface area contributed by atoms with E-state index in [-0.39, 0.29) is 0 Å². The number of thiazole rings is 1. The van der Waals surface area contributed by atoms with Gasteiger partial charge in [0.1, 0.15) is 5.01 Å². The molecule has 0 aliphatic carbocycles. The smallest absolute Gasteiger partial charge is 0.191 e. The molecule has 1 aromatic heterocycles. The normalized spacial score (nSPS) is 13.7. The third kappa shape index (κ3) is 5.93. The van der Waals surface area contributed by atoms with E-state index in [4.69, 9.17) is 0 Å². The molecule has 0 bridgehead atoms. The fourth-order valence-corrected chi connectivity index (χ4v) is 3.39. The summed E-state index contributed by atoms with van der Waals surface area (Å²) in [5.74, 6) is 1.54. The van der Waals surface area contributed by atoms with E-state index in [1.807, 2.05) is 13.2 Å². The zero-order valence-electron chi connectivity index (χ0n) is 14.8. The lowest BCUT2D eigenvalue weighted by atomic mass is 9.93. The molecule has 1 atom stereocenters. The molecular formula is C16H31N5S. The van der Waals surface area contributed by atoms with Gasteiger partial charge in [0.15, 0.2) is 5.96 Å². The number of hydrogen-bond donors (Lipinski definition) is 2. The van der Waals surface area contributed by atoms with Crippen LogP contribution in [-0.4, -0.2) is 49.6 Å². The van der Waals surface area contributed by atoms with E-state index in [0.717, 1.165) is 24.1 Å². The van der Waals surface area contributed by atoms with Gasteiger partial charge in [0.2, 0.25) is 0 Å². The highest BCUT2D eigenvalue weighted by molar-refractivity contribution is 7.11. The predicted molar refractivity (Wildman–Crippen MR) is 96.6 cm³/mol. The second-order valence-corrected chi connectivity index (χ2v) is 7.10. The van der Waals surface area contributed by atoms with Crippen molar-refractivity contribution >= 4 is 17.3 Å². The summed E-state index contributed by atoms with van der Waals surface area (Å²) in [6, 6.07) is 0.510. The molecule has 0 aromatic carbocycles. The fraction of sp³-hybridized carbons (Fsp3) is 0.750. The summed E-state index contributed by atoms with van der Waals surface area (Å²) < 4.78 is 0. The number of rotatable bonds is 8. The maximum absolute atomic E-state index is 4.37. The van der Waals surface area contributed by atoms with E-state index < -0.39 is 0 Å². The summed E-state index contributed by atoms with van der Waals surface area (Å²) in [6.45, 7) is 8.22. The standard InChI is InChI=1S/C16H31N5S/c1-7-13(8-2)14(21(5)6)10-19-16(17-4)20-11-15-18-9-12(3)22-15/h9,13-14H,7-8,10-11H2,1-6H3,(H2,17,19,20). The van der Waals surface area contributed by atoms with E-state index in [0.29, 0.717) is 12.0 Å². The van der Waals surface area contributed by atoms with Gasteiger partial charge in [0.25, 0.3) is 0 Å². The first-order valence-electron chi connectivity index (χ1n) is 8.04. The van der Waals surface area contributed by atoms with Crippen LogP contribution in [0.2, 0.25) is 0 Å². The summed E-state index contributed by atoms with van der Waals surface area (Å²) >= 11 is 1.72. The Morgan fingerprint density at radius 1 is 1.32 bits per heavy atom. The van der Waals surface area contributed by atoms with Crippen molar-refractivity contribution in [2.24, 2.45) is 10.9 Å². The van der Waals surface area contributed by atoms with Crippen molar-refractivity contribution in [2.45, 2.75) is 46.2 Å². The highest BCUT2D eigenvalue weighted by Crippen LogP contribution is 2.16. The topological polar surface area (TPSA) is 52.6 Å². The van der Waals surface area contributed by atoms with Crippen molar-refractivity contribution in [3.8, 4) is 0 Å². The molecule has 126 valence electrons. The van der Waals surface area contributed by atoms with Crippen LogP contribution in [0.15, 0.2) is 11.2 Å². The lowest BCUT2D eigenvalue weighted by Crippen LogP contribution is -2.47. The molecule has 0 aliphatic rings. The maximum atomic E-state index is 4.37. The van der Waals surface area contributed by atoms with Gasteiger partial charge in [0.05, 0.1) is 6.54 Å². The number of aliphatic imine (C=N–C) groups is 1. The zero-order valence-corrected chi connectivity index (χ0v) is 15.6. The fourth-order valence-electron chi connectivity index (χ4n) is 2.67. The molecule has 0 amide bonds. The first-order valence-corrected chi connectivity index (χ1v) is 8.85. The molecule has 6 heteroatoms. The highest BCUT2D eigenvalue weighted by Gasteiger charge is 2.20. The van der Waals surface area contributed by atoms with Gasteiger partial charge in [-0.1, -0.05) is 26.7 Å². The van der Waals surface area contributed by atoms with Crippen LogP contribution in [-0.2, 0) is 6.54 Å². The van der Waals surface area contributed by atoms with Crippen LogP contribution < -0.4 is 10.6 Å². The Kier molecular flexibility index (Phi) is 8.42. The Hall–Kier alpha value is -1.14. The van der Waals surface area contributed by atoms with Crippen LogP contribution in [0.3, 0.4) is 0 Å². The van der Waals surface area contributed by atoms with Crippen molar-refractivity contribution < 1.29 is 0 Å². The largest absolute Gasteiger partial charge is 0.355 e. The van der Waals surface area contributed by atoms with Crippen LogP contribution in [0.4, 0.5) is 0 Å². The summed E-state index contributed by atoms with van der Waals surface area (Å²) in [4.78, 5) is 12.2. The third-order valence-electron chi connectivity index (χ3n) is 4.03. The quantitative estimate of drug-likeness (QED) is 0.569. The van der Waals surface area contributed by atoms with E-state index in [1.54, 1.807) is 11.3 Å². The number of aryl methyl sites for hydroxylation is 1. The Bertz CT molecular complexity index is 451. The second kappa shape index (κ2) is 9.79. The van der Waals surface area contributed by atoms with E-state index in [2.05, 4.69) is 60.4 Å². The van der Waals surface area contributed by atoms with Gasteiger partial charge in [-0.05, 0) is 26.9 Å². The van der Waals surface area contributed by atoms with Crippen molar-refractivity contribution in [2.75, 3.05) is 27.7 Å². The molecule has 0 fully saturated rings. The Balaban J connectivity index is 2.50. The van der Waals surface area contributed by atoms with Gasteiger partial charge in [-0.3, -0.25) is 4.99 Å². The van der Waals surface area contributed by atoms with E-state index in [9.17, 15) is 0 Å². The van der Waals surface area contributed by atoms with Crippen LogP contribution in [0, 0.1) is 12.8 Å². The Labute approximate surface area is 139 Å². The number of hydrogen-bond acceptors (Lipinski definition) is 4. The minimum atomic E-state index is 0.510. The molecule has 2 N–H and O–H groups in total. The molecule has 1 unspecified atom stereocenters. The molecule has 0 saturated carbocycles. The van der Waals surface area contributed by atoms with Crippen LogP contribution in [0.1, 0.15) is 36.6 Å². The van der Waals surface area contributed by atoms with Crippen LogP contribution >= 0.6 is 11.3 Å². The molecule has 5 nitrogen and oxygen atoms in total. The third-order valence-corrected chi connectivity index (χ3v) is 4.95. The average Bonchev–Trinajstić information content (AvgIpc) is 2.91. The average molecular weight is 326 g/mol. The summed E-state index contributed by atoms with van der Waals surface area (Å²) in [7, 11) is 6.11. The minimum Gasteiger partial charge on any atom is -0.355 e. The Morgan fingerprint density at radius 2 is 2.00 bits per heavy atom. The lowest BCUT2D eigenvalue weighted by molar-refractivity contribution is 0.200. The molecule has 0 aliphatic heterocycles. The monoisotopic (exact) mass is 325 g/mol. The van der Waals surface area contributed by atoms with Crippen molar-refractivity contribution in [1.29, 1.82) is 0 Å². The first-order chi connectivity index (χ1) is 10.5. The first kappa shape index (κ1) is 18.9. The van der Waals surface area contributed by atoms with Gasteiger partial charge in [-0.2, -0.15) is 0 Å². The van der Waals surface area contributed by atoms with Gasteiger partial charge < -0.3 is 15.5 Å². The molecule has 0 spiro atoms. The van der Waals surface area contributed by atoms with Crippen LogP contribution in [0.25, 0.3) is 0 Å². The molecular weight excluding hydrogens is 294 g/mol. The molecule has 22 heavy (non-hydrogen) atoms. The lowest BCUT2D eigenvalue weighted by Gasteiger charge is -2.32. The molecule has 1 rings (SSSR count). The zero-order chi connectivity index (χ0) is 16.5. The van der Waals surface area contributed by atoms with Gasteiger partial charge >= 0.3 is 0 Å². The number of aromatic nitrogens is 1. The molecule has 0 radical (unpaired) electrons. The number of guanidine groups is 1. The van der Waals surface area contributed by atoms with Gasteiger partial charge in [-0.15, -0.1) is 11.3 Å². The molecule has 1 aromatic rings. The number of likely N-dealkylation sites (N-methyl/N-ethyl adjacent to an activating group) is 1. The Morgan fingerprint density at radius 3 is 2.45 bits per heavy atom. The minimum absolute atomic E-state index is 0.510. The van der Waals surface area contributed by atoms with Crippen molar-refractivity contribution in [3.05, 3.63) is 16.1 Å². The summed E-state index contributed by atoms with van der Waals surface area (Å²) in [5.41, 5.74) is 0. The van der Waals surface area contributed by atoms with Crippen molar-refractivity contribution in [1.82, 2.24) is 20.5 Å². The van der Waals surface area contributed by atoms with Crippen molar-refractivity contribution in [3.63, 3.8) is 0 Å². The maximum Gasteiger partial charge on any atom is 0.191 e. The van der Waals surface area contributed by atoms with E-state index >= 15 is 0 Å². The summed E-state index contributed by atoms with van der Waals surface area (Å²) in [6.07, 6.45) is 4.31. The molecule has 0 saturated heterocycles.